The summed E-state index contributed by atoms with van der Waals surface area (Å²) >= 11 is 0. The zero-order chi connectivity index (χ0) is 19.3. The minimum atomic E-state index is -3.37. The molecule has 1 aliphatic rings. The van der Waals surface area contributed by atoms with Gasteiger partial charge in [-0.05, 0) is 55.3 Å². The largest absolute Gasteiger partial charge is 0.348 e. The van der Waals surface area contributed by atoms with E-state index in [2.05, 4.69) is 27.1 Å². The van der Waals surface area contributed by atoms with Gasteiger partial charge in [0.25, 0.3) is 5.91 Å². The molecule has 0 unspecified atom stereocenters. The number of carbonyl (C=O) groups is 1. The summed E-state index contributed by atoms with van der Waals surface area (Å²) < 4.78 is 25.0. The minimum Gasteiger partial charge on any atom is -0.348 e. The summed E-state index contributed by atoms with van der Waals surface area (Å²) in [6.07, 6.45) is 3.64. The summed E-state index contributed by atoms with van der Waals surface area (Å²) in [5, 5.41) is 2.87. The molecule has 144 valence electrons. The summed E-state index contributed by atoms with van der Waals surface area (Å²) in [6.45, 7) is 3.75. The molecular formula is C20H25N3O3S. The van der Waals surface area contributed by atoms with Crippen LogP contribution in [0.2, 0.25) is 0 Å². The van der Waals surface area contributed by atoms with Gasteiger partial charge in [0.05, 0.1) is 6.26 Å². The van der Waals surface area contributed by atoms with Crippen LogP contribution in [-0.2, 0) is 23.1 Å². The average molecular weight is 388 g/mol. The molecule has 0 aromatic heterocycles. The normalized spacial score (nSPS) is 14.9. The molecule has 7 heteroatoms. The summed E-state index contributed by atoms with van der Waals surface area (Å²) in [5.74, 6) is -0.242. The maximum atomic E-state index is 12.3. The van der Waals surface area contributed by atoms with Gasteiger partial charge in [0.1, 0.15) is 0 Å². The number of anilines is 1. The lowest BCUT2D eigenvalue weighted by atomic mass is 10.1. The molecule has 6 nitrogen and oxygen atoms in total. The second-order valence-electron chi connectivity index (χ2n) is 6.94. The third-order valence-electron chi connectivity index (χ3n) is 4.51. The van der Waals surface area contributed by atoms with Crippen LogP contribution in [0.15, 0.2) is 48.5 Å². The lowest BCUT2D eigenvalue weighted by Crippen LogP contribution is -2.23. The quantitative estimate of drug-likeness (QED) is 0.765. The molecule has 1 heterocycles. The molecule has 2 N–H and O–H groups in total. The van der Waals surface area contributed by atoms with Crippen molar-refractivity contribution in [2.45, 2.75) is 25.9 Å². The summed E-state index contributed by atoms with van der Waals surface area (Å²) in [5.41, 5.74) is 3.09. The highest BCUT2D eigenvalue weighted by molar-refractivity contribution is 7.92. The molecule has 0 atom stereocenters. The van der Waals surface area contributed by atoms with Crippen molar-refractivity contribution in [2.24, 2.45) is 0 Å². The molecule has 2 aromatic carbocycles. The van der Waals surface area contributed by atoms with Crippen molar-refractivity contribution in [2.75, 3.05) is 24.1 Å². The zero-order valence-electron chi connectivity index (χ0n) is 15.4. The molecule has 1 fully saturated rings. The predicted octanol–water partition coefficient (Wildman–Crippen LogP) is 2.58. The molecule has 3 rings (SSSR count). The fourth-order valence-corrected chi connectivity index (χ4v) is 3.74. The van der Waals surface area contributed by atoms with Crippen LogP contribution in [0.5, 0.6) is 0 Å². The maximum absolute atomic E-state index is 12.3. The first-order chi connectivity index (χ1) is 12.9. The molecule has 2 aromatic rings. The number of rotatable bonds is 7. The number of benzene rings is 2. The SMILES string of the molecule is CS(=O)(=O)Nc1cccc(C(=O)NCc2ccc(CN3CCCC3)cc2)c1. The number of nitrogens with zero attached hydrogens (tertiary/aromatic N) is 1. The second kappa shape index (κ2) is 8.54. The Kier molecular flexibility index (Phi) is 6.13. The Bertz CT molecular complexity index is 889. The van der Waals surface area contributed by atoms with Gasteiger partial charge in [-0.1, -0.05) is 30.3 Å². The number of sulfonamides is 1. The first kappa shape index (κ1) is 19.4. The van der Waals surface area contributed by atoms with E-state index in [-0.39, 0.29) is 5.91 Å². The smallest absolute Gasteiger partial charge is 0.251 e. The fourth-order valence-electron chi connectivity index (χ4n) is 3.18. The Morgan fingerprint density at radius 1 is 1.04 bits per heavy atom. The van der Waals surface area contributed by atoms with Crippen LogP contribution in [-0.4, -0.2) is 38.6 Å². The van der Waals surface area contributed by atoms with Crippen LogP contribution >= 0.6 is 0 Å². The average Bonchev–Trinajstić information content (AvgIpc) is 3.13. The van der Waals surface area contributed by atoms with Crippen molar-refractivity contribution in [3.8, 4) is 0 Å². The first-order valence-corrected chi connectivity index (χ1v) is 10.9. The Hall–Kier alpha value is -2.38. The van der Waals surface area contributed by atoms with E-state index in [1.807, 2.05) is 12.1 Å². The maximum Gasteiger partial charge on any atom is 0.251 e. The Labute approximate surface area is 160 Å². The standard InChI is InChI=1S/C20H25N3O3S/c1-27(25,26)22-19-6-4-5-18(13-19)20(24)21-14-16-7-9-17(10-8-16)15-23-11-2-3-12-23/h4-10,13,22H,2-3,11-12,14-15H2,1H3,(H,21,24). The molecule has 0 radical (unpaired) electrons. The molecule has 1 saturated heterocycles. The van der Waals surface area contributed by atoms with E-state index in [9.17, 15) is 13.2 Å². The molecule has 0 bridgehead atoms. The summed E-state index contributed by atoms with van der Waals surface area (Å²) in [6, 6.07) is 14.7. The van der Waals surface area contributed by atoms with Gasteiger partial charge < -0.3 is 5.32 Å². The molecule has 0 aliphatic carbocycles. The second-order valence-corrected chi connectivity index (χ2v) is 8.69. The number of nitrogens with one attached hydrogen (secondary N) is 2. The van der Waals surface area contributed by atoms with Crippen LogP contribution in [0.4, 0.5) is 5.69 Å². The summed E-state index contributed by atoms with van der Waals surface area (Å²) in [4.78, 5) is 14.8. The summed E-state index contributed by atoms with van der Waals surface area (Å²) in [7, 11) is -3.37. The van der Waals surface area contributed by atoms with Crippen LogP contribution < -0.4 is 10.0 Å². The highest BCUT2D eigenvalue weighted by Gasteiger charge is 2.12. The van der Waals surface area contributed by atoms with E-state index in [0.717, 1.165) is 18.4 Å². The van der Waals surface area contributed by atoms with Gasteiger partial charge in [-0.2, -0.15) is 0 Å². The van der Waals surface area contributed by atoms with Gasteiger partial charge in [0.2, 0.25) is 10.0 Å². The van der Waals surface area contributed by atoms with Crippen molar-refractivity contribution < 1.29 is 13.2 Å². The number of likely N-dealkylation sites (tertiary alicyclic amines) is 1. The Morgan fingerprint density at radius 3 is 2.37 bits per heavy atom. The predicted molar refractivity (Wildman–Crippen MR) is 107 cm³/mol. The number of hydrogen-bond acceptors (Lipinski definition) is 4. The number of amides is 1. The molecular weight excluding hydrogens is 362 g/mol. The monoisotopic (exact) mass is 387 g/mol. The minimum absolute atomic E-state index is 0.242. The lowest BCUT2D eigenvalue weighted by Gasteiger charge is -2.14. The van der Waals surface area contributed by atoms with Crippen molar-refractivity contribution in [1.82, 2.24) is 10.2 Å². The highest BCUT2D eigenvalue weighted by Crippen LogP contribution is 2.14. The van der Waals surface area contributed by atoms with Crippen LogP contribution in [0.1, 0.15) is 34.3 Å². The van der Waals surface area contributed by atoms with E-state index in [1.54, 1.807) is 18.2 Å². The van der Waals surface area contributed by atoms with Crippen molar-refractivity contribution >= 4 is 21.6 Å². The van der Waals surface area contributed by atoms with E-state index in [0.29, 0.717) is 17.8 Å². The van der Waals surface area contributed by atoms with Gasteiger partial charge in [-0.3, -0.25) is 14.4 Å². The molecule has 27 heavy (non-hydrogen) atoms. The fraction of sp³-hybridized carbons (Fsp3) is 0.350. The molecule has 0 saturated carbocycles. The van der Waals surface area contributed by atoms with Crippen molar-refractivity contribution in [3.63, 3.8) is 0 Å². The van der Waals surface area contributed by atoms with Crippen LogP contribution in [0.25, 0.3) is 0 Å². The van der Waals surface area contributed by atoms with E-state index >= 15 is 0 Å². The van der Waals surface area contributed by atoms with Gasteiger partial charge in [-0.25, -0.2) is 8.42 Å². The Morgan fingerprint density at radius 2 is 1.70 bits per heavy atom. The van der Waals surface area contributed by atoms with E-state index in [1.165, 1.54) is 37.6 Å². The number of carbonyl (C=O) groups excluding carboxylic acids is 1. The van der Waals surface area contributed by atoms with Crippen LogP contribution in [0, 0.1) is 0 Å². The van der Waals surface area contributed by atoms with Gasteiger partial charge >= 0.3 is 0 Å². The van der Waals surface area contributed by atoms with E-state index in [4.69, 9.17) is 0 Å². The van der Waals surface area contributed by atoms with Gasteiger partial charge in [0.15, 0.2) is 0 Å². The zero-order valence-corrected chi connectivity index (χ0v) is 16.3. The number of hydrogen-bond donors (Lipinski definition) is 2. The molecule has 1 aliphatic heterocycles. The topological polar surface area (TPSA) is 78.5 Å². The lowest BCUT2D eigenvalue weighted by molar-refractivity contribution is 0.0951. The third kappa shape index (κ3) is 6.08. The van der Waals surface area contributed by atoms with Crippen LogP contribution in [0.3, 0.4) is 0 Å². The Balaban J connectivity index is 1.55. The van der Waals surface area contributed by atoms with Crippen molar-refractivity contribution in [1.29, 1.82) is 0 Å². The van der Waals surface area contributed by atoms with Crippen molar-refractivity contribution in [3.05, 3.63) is 65.2 Å². The molecule has 0 spiro atoms. The third-order valence-corrected chi connectivity index (χ3v) is 5.12. The molecule has 1 amide bonds. The van der Waals surface area contributed by atoms with Gasteiger partial charge in [-0.15, -0.1) is 0 Å². The van der Waals surface area contributed by atoms with E-state index < -0.39 is 10.0 Å². The first-order valence-electron chi connectivity index (χ1n) is 9.05. The van der Waals surface area contributed by atoms with Gasteiger partial charge in [0, 0.05) is 24.3 Å². The highest BCUT2D eigenvalue weighted by atomic mass is 32.2.